The lowest BCUT2D eigenvalue weighted by Gasteiger charge is -2.05. The maximum atomic E-state index is 12.8. The number of aliphatic hydroxyl groups is 2. The Morgan fingerprint density at radius 2 is 1.67 bits per heavy atom. The number of hydrogen-bond acceptors (Lipinski definition) is 2. The van der Waals surface area contributed by atoms with Crippen LogP contribution in [0.1, 0.15) is 11.1 Å². The minimum absolute atomic E-state index is 0.200. The summed E-state index contributed by atoms with van der Waals surface area (Å²) in [4.78, 5) is 0. The zero-order valence-corrected chi connectivity index (χ0v) is 7.81. The monoisotopic (exact) mass is 234 g/mol. The van der Waals surface area contributed by atoms with Gasteiger partial charge in [0.1, 0.15) is 5.82 Å². The molecule has 0 aliphatic rings. The minimum atomic E-state index is -0.434. The first-order valence-corrected chi connectivity index (χ1v) is 4.17. The van der Waals surface area contributed by atoms with Crippen LogP contribution < -0.4 is 0 Å². The van der Waals surface area contributed by atoms with Crippen molar-refractivity contribution in [2.75, 3.05) is 0 Å². The molecule has 1 aromatic carbocycles. The van der Waals surface area contributed by atoms with Gasteiger partial charge in [-0.3, -0.25) is 0 Å². The Bertz CT molecular complexity index is 260. The molecule has 0 saturated carbocycles. The fourth-order valence-corrected chi connectivity index (χ4v) is 1.31. The second-order valence-corrected chi connectivity index (χ2v) is 3.21. The molecule has 2 N–H and O–H groups in total. The third kappa shape index (κ3) is 1.83. The summed E-state index contributed by atoms with van der Waals surface area (Å²) in [5.74, 6) is -0.434. The highest BCUT2D eigenvalue weighted by Crippen LogP contribution is 2.20. The summed E-state index contributed by atoms with van der Waals surface area (Å²) in [6, 6.07) is 2.66. The van der Waals surface area contributed by atoms with Crippen molar-refractivity contribution in [2.24, 2.45) is 0 Å². The van der Waals surface area contributed by atoms with Crippen molar-refractivity contribution in [1.29, 1.82) is 0 Å². The molecule has 0 atom stereocenters. The molecule has 4 heteroatoms. The molecule has 66 valence electrons. The van der Waals surface area contributed by atoms with Crippen molar-refractivity contribution in [3.63, 3.8) is 0 Å². The van der Waals surface area contributed by atoms with Crippen molar-refractivity contribution in [3.8, 4) is 0 Å². The van der Waals surface area contributed by atoms with Gasteiger partial charge < -0.3 is 10.2 Å². The predicted molar refractivity (Wildman–Crippen MR) is 45.9 cm³/mol. The number of aliphatic hydroxyl groups excluding tert-OH is 2. The molecule has 1 rings (SSSR count). The summed E-state index contributed by atoms with van der Waals surface area (Å²) in [6.45, 7) is -0.463. The van der Waals surface area contributed by atoms with Crippen LogP contribution in [-0.2, 0) is 13.2 Å². The van der Waals surface area contributed by atoms with Gasteiger partial charge in [0.25, 0.3) is 0 Å². The van der Waals surface area contributed by atoms with Gasteiger partial charge in [-0.25, -0.2) is 4.39 Å². The van der Waals surface area contributed by atoms with Crippen LogP contribution in [0.3, 0.4) is 0 Å². The maximum absolute atomic E-state index is 12.8. The van der Waals surface area contributed by atoms with Crippen molar-refractivity contribution in [3.05, 3.63) is 33.5 Å². The highest BCUT2D eigenvalue weighted by Gasteiger charge is 2.06. The molecule has 12 heavy (non-hydrogen) atoms. The lowest BCUT2D eigenvalue weighted by atomic mass is 10.1. The van der Waals surface area contributed by atoms with Crippen LogP contribution >= 0.6 is 15.9 Å². The lowest BCUT2D eigenvalue weighted by Crippen LogP contribution is -1.95. The Morgan fingerprint density at radius 3 is 2.17 bits per heavy atom. The first kappa shape index (κ1) is 9.64. The standard InChI is InChI=1S/C8H8BrFO2/c9-7-1-5(3-11)6(4-12)2-8(7)10/h1-2,11-12H,3-4H2. The Balaban J connectivity index is 3.19. The van der Waals surface area contributed by atoms with Crippen molar-refractivity contribution in [1.82, 2.24) is 0 Å². The Labute approximate surface area is 77.8 Å². The predicted octanol–water partition coefficient (Wildman–Crippen LogP) is 1.57. The molecule has 0 aliphatic heterocycles. The molecule has 0 spiro atoms. The van der Waals surface area contributed by atoms with E-state index in [0.717, 1.165) is 0 Å². The van der Waals surface area contributed by atoms with E-state index in [1.807, 2.05) is 0 Å². The van der Waals surface area contributed by atoms with Crippen molar-refractivity contribution >= 4 is 15.9 Å². The molecule has 0 fully saturated rings. The second-order valence-electron chi connectivity index (χ2n) is 2.35. The van der Waals surface area contributed by atoms with Gasteiger partial charge in [-0.1, -0.05) is 0 Å². The van der Waals surface area contributed by atoms with Gasteiger partial charge in [0, 0.05) is 0 Å². The quantitative estimate of drug-likeness (QED) is 0.816. The summed E-state index contributed by atoms with van der Waals surface area (Å²) in [5.41, 5.74) is 0.948. The van der Waals surface area contributed by atoms with Gasteiger partial charge in [-0.05, 0) is 39.2 Å². The Morgan fingerprint density at radius 1 is 1.17 bits per heavy atom. The molecule has 0 radical (unpaired) electrons. The van der Waals surface area contributed by atoms with Crippen LogP contribution in [0.15, 0.2) is 16.6 Å². The van der Waals surface area contributed by atoms with Crippen LogP contribution in [-0.4, -0.2) is 10.2 Å². The Hall–Kier alpha value is -0.450. The molecule has 0 unspecified atom stereocenters. The largest absolute Gasteiger partial charge is 0.392 e. The van der Waals surface area contributed by atoms with Crippen molar-refractivity contribution < 1.29 is 14.6 Å². The normalized spacial score (nSPS) is 10.3. The van der Waals surface area contributed by atoms with Crippen LogP contribution in [0, 0.1) is 5.82 Å². The van der Waals surface area contributed by atoms with Crippen LogP contribution in [0.2, 0.25) is 0 Å². The molecular weight excluding hydrogens is 227 g/mol. The van der Waals surface area contributed by atoms with Gasteiger partial charge in [0.15, 0.2) is 0 Å². The molecule has 1 aromatic rings. The van der Waals surface area contributed by atoms with E-state index in [-0.39, 0.29) is 13.2 Å². The van der Waals surface area contributed by atoms with Crippen LogP contribution in [0.25, 0.3) is 0 Å². The first-order valence-electron chi connectivity index (χ1n) is 3.37. The van der Waals surface area contributed by atoms with Gasteiger partial charge in [0.2, 0.25) is 0 Å². The Kier molecular flexibility index (Phi) is 3.20. The molecule has 0 aliphatic carbocycles. The smallest absolute Gasteiger partial charge is 0.137 e. The van der Waals surface area contributed by atoms with Gasteiger partial charge in [-0.2, -0.15) is 0 Å². The summed E-state index contributed by atoms with van der Waals surface area (Å²) in [6.07, 6.45) is 0. The third-order valence-electron chi connectivity index (χ3n) is 1.58. The zero-order valence-electron chi connectivity index (χ0n) is 6.22. The van der Waals surface area contributed by atoms with Gasteiger partial charge in [0.05, 0.1) is 17.7 Å². The first-order chi connectivity index (χ1) is 5.69. The van der Waals surface area contributed by atoms with Gasteiger partial charge >= 0.3 is 0 Å². The molecule has 2 nitrogen and oxygen atoms in total. The summed E-state index contributed by atoms with van der Waals surface area (Å²) >= 11 is 2.98. The minimum Gasteiger partial charge on any atom is -0.392 e. The van der Waals surface area contributed by atoms with E-state index in [1.54, 1.807) is 0 Å². The van der Waals surface area contributed by atoms with E-state index in [0.29, 0.717) is 15.6 Å². The lowest BCUT2D eigenvalue weighted by molar-refractivity contribution is 0.259. The second kappa shape index (κ2) is 3.98. The molecule has 0 bridgehead atoms. The third-order valence-corrected chi connectivity index (χ3v) is 2.19. The molecule has 0 heterocycles. The SMILES string of the molecule is OCc1cc(F)c(Br)cc1CO. The fraction of sp³-hybridized carbons (Fsp3) is 0.250. The number of halogens is 2. The fourth-order valence-electron chi connectivity index (χ4n) is 0.924. The number of benzene rings is 1. The summed E-state index contributed by atoms with van der Waals surface area (Å²) in [7, 11) is 0. The van der Waals surface area contributed by atoms with E-state index in [2.05, 4.69) is 15.9 Å². The molecule has 0 aromatic heterocycles. The van der Waals surface area contributed by atoms with Crippen LogP contribution in [0.5, 0.6) is 0 Å². The highest BCUT2D eigenvalue weighted by atomic mass is 79.9. The van der Waals surface area contributed by atoms with E-state index < -0.39 is 5.82 Å². The summed E-state index contributed by atoms with van der Waals surface area (Å²) in [5, 5.41) is 17.6. The molecular formula is C8H8BrFO2. The average Bonchev–Trinajstić information content (AvgIpc) is 2.09. The zero-order chi connectivity index (χ0) is 9.14. The van der Waals surface area contributed by atoms with E-state index in [4.69, 9.17) is 10.2 Å². The highest BCUT2D eigenvalue weighted by molar-refractivity contribution is 9.10. The number of hydrogen-bond donors (Lipinski definition) is 2. The van der Waals surface area contributed by atoms with E-state index in [1.165, 1.54) is 12.1 Å². The summed E-state index contributed by atoms with van der Waals surface area (Å²) < 4.78 is 13.1. The maximum Gasteiger partial charge on any atom is 0.137 e. The molecule has 0 amide bonds. The van der Waals surface area contributed by atoms with Gasteiger partial charge in [-0.15, -0.1) is 0 Å². The number of rotatable bonds is 2. The van der Waals surface area contributed by atoms with Crippen molar-refractivity contribution in [2.45, 2.75) is 13.2 Å². The van der Waals surface area contributed by atoms with E-state index >= 15 is 0 Å². The average molecular weight is 235 g/mol. The molecule has 0 saturated heterocycles. The topological polar surface area (TPSA) is 40.5 Å². The van der Waals surface area contributed by atoms with Crippen LogP contribution in [0.4, 0.5) is 4.39 Å². The van der Waals surface area contributed by atoms with E-state index in [9.17, 15) is 4.39 Å².